The summed E-state index contributed by atoms with van der Waals surface area (Å²) < 4.78 is 0. The Bertz CT molecular complexity index is 497. The molecule has 19 heavy (non-hydrogen) atoms. The van der Waals surface area contributed by atoms with Gasteiger partial charge < -0.3 is 5.73 Å². The Morgan fingerprint density at radius 3 is 2.58 bits per heavy atom. The van der Waals surface area contributed by atoms with Gasteiger partial charge in [0.15, 0.2) is 0 Å². The first kappa shape index (κ1) is 13.8. The van der Waals surface area contributed by atoms with Gasteiger partial charge in [0.2, 0.25) is 0 Å². The molecule has 100 valence electrons. The molecule has 5 N–H and O–H groups in total. The average molecular weight is 277 g/mol. The van der Waals surface area contributed by atoms with Crippen LogP contribution in [0.25, 0.3) is 0 Å². The van der Waals surface area contributed by atoms with Gasteiger partial charge in [-0.05, 0) is 36.1 Å². The minimum absolute atomic E-state index is 0.0615. The van der Waals surface area contributed by atoms with E-state index in [1.807, 2.05) is 24.3 Å². The van der Waals surface area contributed by atoms with E-state index >= 15 is 0 Å². The summed E-state index contributed by atoms with van der Waals surface area (Å²) in [6, 6.07) is 9.61. The Hall–Kier alpha value is -1.62. The molecule has 1 aromatic heterocycles. The molecular formula is C14H17ClN4. The molecule has 1 aromatic carbocycles. The second-order valence-corrected chi connectivity index (χ2v) is 4.84. The molecular weight excluding hydrogens is 260 g/mol. The molecule has 0 aliphatic heterocycles. The minimum atomic E-state index is 0.0615. The van der Waals surface area contributed by atoms with Crippen LogP contribution < -0.4 is 17.0 Å². The number of benzene rings is 1. The predicted molar refractivity (Wildman–Crippen MR) is 78.6 cm³/mol. The van der Waals surface area contributed by atoms with E-state index in [0.29, 0.717) is 6.42 Å². The molecule has 1 unspecified atom stereocenters. The lowest BCUT2D eigenvalue weighted by atomic mass is 9.99. The van der Waals surface area contributed by atoms with E-state index < -0.39 is 0 Å². The third-order valence-electron chi connectivity index (χ3n) is 3.07. The first-order valence-electron chi connectivity index (χ1n) is 6.08. The number of nitrogens with two attached hydrogens (primary N) is 2. The second kappa shape index (κ2) is 6.52. The summed E-state index contributed by atoms with van der Waals surface area (Å²) in [7, 11) is 0. The molecule has 0 bridgehead atoms. The third-order valence-corrected chi connectivity index (χ3v) is 3.44. The molecule has 0 radical (unpaired) electrons. The first-order valence-corrected chi connectivity index (χ1v) is 6.46. The maximum atomic E-state index is 6.15. The molecule has 0 aliphatic rings. The average Bonchev–Trinajstić information content (AvgIpc) is 2.42. The highest BCUT2D eigenvalue weighted by molar-refractivity contribution is 6.31. The first-order chi connectivity index (χ1) is 9.20. The summed E-state index contributed by atoms with van der Waals surface area (Å²) in [6.07, 6.45) is 4.90. The molecule has 0 fully saturated rings. The fourth-order valence-corrected chi connectivity index (χ4v) is 2.21. The van der Waals surface area contributed by atoms with Crippen LogP contribution in [-0.2, 0) is 12.8 Å². The van der Waals surface area contributed by atoms with Crippen LogP contribution in [0.1, 0.15) is 11.1 Å². The largest absolute Gasteiger partial charge is 0.398 e. The van der Waals surface area contributed by atoms with Crippen molar-refractivity contribution in [1.82, 2.24) is 10.4 Å². The van der Waals surface area contributed by atoms with Gasteiger partial charge in [-0.3, -0.25) is 16.3 Å². The number of halogens is 1. The number of hydrogen-bond donors (Lipinski definition) is 3. The zero-order chi connectivity index (χ0) is 13.7. The zero-order valence-corrected chi connectivity index (χ0v) is 11.3. The van der Waals surface area contributed by atoms with Crippen LogP contribution in [0.3, 0.4) is 0 Å². The van der Waals surface area contributed by atoms with Crippen molar-refractivity contribution in [3.05, 3.63) is 58.9 Å². The van der Waals surface area contributed by atoms with Crippen LogP contribution in [0.2, 0.25) is 5.02 Å². The quantitative estimate of drug-likeness (QED) is 0.576. The summed E-state index contributed by atoms with van der Waals surface area (Å²) in [6.45, 7) is 0. The van der Waals surface area contributed by atoms with Gasteiger partial charge in [-0.25, -0.2) is 0 Å². The Morgan fingerprint density at radius 1 is 1.16 bits per heavy atom. The highest BCUT2D eigenvalue weighted by atomic mass is 35.5. The number of hydrogen-bond acceptors (Lipinski definition) is 4. The van der Waals surface area contributed by atoms with Crippen LogP contribution in [0.15, 0.2) is 42.7 Å². The summed E-state index contributed by atoms with van der Waals surface area (Å²) in [4.78, 5) is 4.08. The number of nitrogens with zero attached hydrogens (tertiary/aromatic N) is 1. The van der Waals surface area contributed by atoms with Crippen LogP contribution in [0.4, 0.5) is 5.69 Å². The molecule has 2 aromatic rings. The lowest BCUT2D eigenvalue weighted by Crippen LogP contribution is -2.38. The molecule has 0 saturated heterocycles. The lowest BCUT2D eigenvalue weighted by Gasteiger charge is -2.17. The number of anilines is 1. The van der Waals surface area contributed by atoms with Crippen molar-refractivity contribution >= 4 is 17.3 Å². The monoisotopic (exact) mass is 276 g/mol. The lowest BCUT2D eigenvalue weighted by molar-refractivity contribution is 0.522. The molecule has 0 amide bonds. The van der Waals surface area contributed by atoms with Crippen molar-refractivity contribution in [2.24, 2.45) is 5.84 Å². The van der Waals surface area contributed by atoms with E-state index in [9.17, 15) is 0 Å². The van der Waals surface area contributed by atoms with E-state index in [4.69, 9.17) is 23.2 Å². The SMILES string of the molecule is NNC(Cc1cnccc1N)Cc1ccccc1Cl. The van der Waals surface area contributed by atoms with Crippen molar-refractivity contribution in [3.63, 3.8) is 0 Å². The van der Waals surface area contributed by atoms with Gasteiger partial charge in [0.05, 0.1) is 0 Å². The highest BCUT2D eigenvalue weighted by Crippen LogP contribution is 2.19. The number of pyridine rings is 1. The number of aromatic nitrogens is 1. The summed E-state index contributed by atoms with van der Waals surface area (Å²) in [5.74, 6) is 5.61. The molecule has 1 heterocycles. The summed E-state index contributed by atoms with van der Waals surface area (Å²) in [5.41, 5.74) is 11.5. The van der Waals surface area contributed by atoms with Gasteiger partial charge in [0, 0.05) is 29.1 Å². The smallest absolute Gasteiger partial charge is 0.0438 e. The minimum Gasteiger partial charge on any atom is -0.398 e. The van der Waals surface area contributed by atoms with Gasteiger partial charge >= 0.3 is 0 Å². The van der Waals surface area contributed by atoms with Crippen molar-refractivity contribution in [2.75, 3.05) is 5.73 Å². The number of rotatable bonds is 5. The maximum absolute atomic E-state index is 6.15. The van der Waals surface area contributed by atoms with Crippen LogP contribution >= 0.6 is 11.6 Å². The van der Waals surface area contributed by atoms with Crippen LogP contribution in [-0.4, -0.2) is 11.0 Å². The molecule has 1 atom stereocenters. The summed E-state index contributed by atoms with van der Waals surface area (Å²) >= 11 is 6.15. The van der Waals surface area contributed by atoms with Gasteiger partial charge in [-0.1, -0.05) is 29.8 Å². The molecule has 2 rings (SSSR count). The Kier molecular flexibility index (Phi) is 4.74. The van der Waals surface area contributed by atoms with E-state index in [-0.39, 0.29) is 6.04 Å². The van der Waals surface area contributed by atoms with Crippen molar-refractivity contribution in [3.8, 4) is 0 Å². The summed E-state index contributed by atoms with van der Waals surface area (Å²) in [5, 5.41) is 0.752. The molecule has 0 saturated carbocycles. The standard InChI is InChI=1S/C14H17ClN4/c15-13-4-2-1-3-10(13)7-12(19-17)8-11-9-18-6-5-14(11)16/h1-6,9,12,19H,7-8,17H2,(H2,16,18). The van der Waals surface area contributed by atoms with E-state index in [0.717, 1.165) is 28.3 Å². The Morgan fingerprint density at radius 2 is 1.89 bits per heavy atom. The van der Waals surface area contributed by atoms with Crippen LogP contribution in [0, 0.1) is 0 Å². The Balaban J connectivity index is 2.09. The molecule has 0 spiro atoms. The molecule has 0 aliphatic carbocycles. The van der Waals surface area contributed by atoms with Gasteiger partial charge in [0.25, 0.3) is 0 Å². The highest BCUT2D eigenvalue weighted by Gasteiger charge is 2.12. The fourth-order valence-electron chi connectivity index (χ4n) is 1.99. The number of hydrazine groups is 1. The van der Waals surface area contributed by atoms with Crippen LogP contribution in [0.5, 0.6) is 0 Å². The number of nitrogen functional groups attached to an aromatic ring is 1. The second-order valence-electron chi connectivity index (χ2n) is 4.44. The zero-order valence-electron chi connectivity index (χ0n) is 10.5. The van der Waals surface area contributed by atoms with Gasteiger partial charge in [-0.2, -0.15) is 0 Å². The van der Waals surface area contributed by atoms with E-state index in [1.54, 1.807) is 18.5 Å². The maximum Gasteiger partial charge on any atom is 0.0438 e. The van der Waals surface area contributed by atoms with Crippen molar-refractivity contribution < 1.29 is 0 Å². The van der Waals surface area contributed by atoms with Crippen molar-refractivity contribution in [1.29, 1.82) is 0 Å². The fraction of sp³-hybridized carbons (Fsp3) is 0.214. The molecule has 5 heteroatoms. The Labute approximate surface area is 117 Å². The van der Waals surface area contributed by atoms with E-state index in [1.165, 1.54) is 0 Å². The van der Waals surface area contributed by atoms with E-state index in [2.05, 4.69) is 10.4 Å². The topological polar surface area (TPSA) is 77.0 Å². The third kappa shape index (κ3) is 3.67. The normalized spacial score (nSPS) is 12.3. The van der Waals surface area contributed by atoms with Gasteiger partial charge in [0.1, 0.15) is 0 Å². The predicted octanol–water partition coefficient (Wildman–Crippen LogP) is 1.93. The van der Waals surface area contributed by atoms with Crippen molar-refractivity contribution in [2.45, 2.75) is 18.9 Å². The number of nitrogens with one attached hydrogen (secondary N) is 1. The van der Waals surface area contributed by atoms with Gasteiger partial charge in [-0.15, -0.1) is 0 Å². The molecule has 4 nitrogen and oxygen atoms in total.